The minimum atomic E-state index is -0.891. The van der Waals surface area contributed by atoms with Crippen LogP contribution in [0.1, 0.15) is 33.1 Å². The highest BCUT2D eigenvalue weighted by Crippen LogP contribution is 2.38. The highest BCUT2D eigenvalue weighted by atomic mass is 16.4. The van der Waals surface area contributed by atoms with Crippen LogP contribution in [0.25, 0.3) is 0 Å². The van der Waals surface area contributed by atoms with Crippen LogP contribution in [-0.2, 0) is 9.59 Å². The number of amides is 1. The Bertz CT molecular complexity index is 290. The number of carboxylic acid groups (broad SMARTS) is 1. The van der Waals surface area contributed by atoms with Gasteiger partial charge < -0.3 is 15.5 Å². The molecule has 0 radical (unpaired) electrons. The number of aliphatic hydroxyl groups excluding tert-OH is 1. The molecule has 1 amide bonds. The molecule has 0 aliphatic heterocycles. The van der Waals surface area contributed by atoms with Crippen molar-refractivity contribution in [1.29, 1.82) is 0 Å². The second kappa shape index (κ2) is 6.00. The van der Waals surface area contributed by atoms with Crippen molar-refractivity contribution >= 4 is 11.9 Å². The summed E-state index contributed by atoms with van der Waals surface area (Å²) in [6.45, 7) is 3.77. The number of aliphatic hydroxyl groups is 1. The minimum absolute atomic E-state index is 0.179. The highest BCUT2D eigenvalue weighted by molar-refractivity contribution is 5.85. The number of carbonyl (C=O) groups excluding carboxylic acids is 1. The smallest absolute Gasteiger partial charge is 0.307 e. The quantitative estimate of drug-likeness (QED) is 0.660. The molecule has 0 aromatic carbocycles. The number of rotatable bonds is 5. The van der Waals surface area contributed by atoms with Gasteiger partial charge in [0.2, 0.25) is 5.91 Å². The van der Waals surface area contributed by atoms with E-state index in [-0.39, 0.29) is 12.5 Å². The molecule has 0 bridgehead atoms. The molecule has 0 saturated heterocycles. The van der Waals surface area contributed by atoms with E-state index in [9.17, 15) is 9.59 Å². The summed E-state index contributed by atoms with van der Waals surface area (Å²) in [4.78, 5) is 22.9. The number of aliphatic carboxylic acids is 1. The summed E-state index contributed by atoms with van der Waals surface area (Å²) < 4.78 is 0. The van der Waals surface area contributed by atoms with Crippen LogP contribution in [-0.4, -0.2) is 34.7 Å². The fraction of sp³-hybridized carbons (Fsp3) is 0.833. The molecular weight excluding hydrogens is 222 g/mol. The zero-order valence-electron chi connectivity index (χ0n) is 10.3. The van der Waals surface area contributed by atoms with Crippen molar-refractivity contribution in [3.05, 3.63) is 0 Å². The number of hydrogen-bond acceptors (Lipinski definition) is 3. The van der Waals surface area contributed by atoms with Crippen molar-refractivity contribution in [2.75, 3.05) is 6.54 Å². The van der Waals surface area contributed by atoms with E-state index in [0.29, 0.717) is 18.8 Å². The summed E-state index contributed by atoms with van der Waals surface area (Å²) in [5, 5.41) is 20.8. The first-order valence-corrected chi connectivity index (χ1v) is 6.14. The van der Waals surface area contributed by atoms with Crippen molar-refractivity contribution in [3.63, 3.8) is 0 Å². The lowest BCUT2D eigenvalue weighted by atomic mass is 9.95. The lowest BCUT2D eigenvalue weighted by Crippen LogP contribution is -2.38. The Labute approximate surface area is 101 Å². The van der Waals surface area contributed by atoms with E-state index < -0.39 is 23.9 Å². The van der Waals surface area contributed by atoms with Gasteiger partial charge in [-0.2, -0.15) is 0 Å². The maximum Gasteiger partial charge on any atom is 0.307 e. The number of nitrogens with one attached hydrogen (secondary N) is 1. The second-order valence-electron chi connectivity index (χ2n) is 4.89. The Morgan fingerprint density at radius 3 is 2.41 bits per heavy atom. The predicted octanol–water partition coefficient (Wildman–Crippen LogP) is 0.620. The first kappa shape index (κ1) is 14.0. The lowest BCUT2D eigenvalue weighted by Gasteiger charge is -2.16. The van der Waals surface area contributed by atoms with E-state index in [1.807, 2.05) is 6.92 Å². The molecule has 5 heteroatoms. The molecule has 5 nitrogen and oxygen atoms in total. The zero-order chi connectivity index (χ0) is 13.0. The summed E-state index contributed by atoms with van der Waals surface area (Å²) in [6.07, 6.45) is 1.52. The van der Waals surface area contributed by atoms with Crippen LogP contribution in [0.3, 0.4) is 0 Å². The summed E-state index contributed by atoms with van der Waals surface area (Å²) in [5.41, 5.74) is 0. The Morgan fingerprint density at radius 1 is 1.35 bits per heavy atom. The molecule has 98 valence electrons. The molecule has 1 rings (SSSR count). The van der Waals surface area contributed by atoms with Gasteiger partial charge in [0.25, 0.3) is 0 Å². The zero-order valence-corrected chi connectivity index (χ0v) is 10.3. The van der Waals surface area contributed by atoms with Crippen LogP contribution in [0.15, 0.2) is 0 Å². The van der Waals surface area contributed by atoms with Gasteiger partial charge in [-0.25, -0.2) is 0 Å². The van der Waals surface area contributed by atoms with Gasteiger partial charge in [0, 0.05) is 6.54 Å². The standard InChI is InChI=1S/C12H21NO4/c1-3-8-4-9(10(5-8)12(16)17)11(15)13-6-7(2)14/h7-10,14H,3-6H2,1-2H3,(H,13,15)(H,16,17). The van der Waals surface area contributed by atoms with Crippen LogP contribution in [0, 0.1) is 17.8 Å². The largest absolute Gasteiger partial charge is 0.481 e. The number of hydrogen-bond donors (Lipinski definition) is 3. The second-order valence-corrected chi connectivity index (χ2v) is 4.89. The van der Waals surface area contributed by atoms with Crippen LogP contribution < -0.4 is 5.32 Å². The van der Waals surface area contributed by atoms with E-state index in [1.54, 1.807) is 6.92 Å². The topological polar surface area (TPSA) is 86.6 Å². The maximum atomic E-state index is 11.8. The van der Waals surface area contributed by atoms with Crippen molar-refractivity contribution in [2.24, 2.45) is 17.8 Å². The van der Waals surface area contributed by atoms with E-state index >= 15 is 0 Å². The number of carboxylic acids is 1. The third-order valence-corrected chi connectivity index (χ3v) is 3.46. The number of carbonyl (C=O) groups is 2. The van der Waals surface area contributed by atoms with Crippen LogP contribution in [0.4, 0.5) is 0 Å². The fourth-order valence-electron chi connectivity index (χ4n) is 2.42. The molecular formula is C12H21NO4. The molecule has 17 heavy (non-hydrogen) atoms. The monoisotopic (exact) mass is 243 g/mol. The third-order valence-electron chi connectivity index (χ3n) is 3.46. The molecule has 0 spiro atoms. The van der Waals surface area contributed by atoms with E-state index in [1.165, 1.54) is 0 Å². The highest BCUT2D eigenvalue weighted by Gasteiger charge is 2.41. The van der Waals surface area contributed by atoms with Gasteiger partial charge in [-0.1, -0.05) is 13.3 Å². The Hall–Kier alpha value is -1.10. The first-order valence-electron chi connectivity index (χ1n) is 6.14. The van der Waals surface area contributed by atoms with Crippen LogP contribution in [0.2, 0.25) is 0 Å². The SMILES string of the molecule is CCC1CC(C(=O)O)C(C(=O)NCC(C)O)C1. The van der Waals surface area contributed by atoms with E-state index in [0.717, 1.165) is 6.42 Å². The van der Waals surface area contributed by atoms with Crippen molar-refractivity contribution in [3.8, 4) is 0 Å². The fourth-order valence-corrected chi connectivity index (χ4v) is 2.42. The van der Waals surface area contributed by atoms with Crippen molar-refractivity contribution < 1.29 is 19.8 Å². The predicted molar refractivity (Wildman–Crippen MR) is 62.3 cm³/mol. The van der Waals surface area contributed by atoms with Gasteiger partial charge >= 0.3 is 5.97 Å². The molecule has 0 aromatic heterocycles. The molecule has 1 saturated carbocycles. The molecule has 4 atom stereocenters. The van der Waals surface area contributed by atoms with Gasteiger partial charge in [-0.05, 0) is 25.7 Å². The van der Waals surface area contributed by atoms with Gasteiger partial charge in [0.15, 0.2) is 0 Å². The average Bonchev–Trinajstić information content (AvgIpc) is 2.69. The average molecular weight is 243 g/mol. The van der Waals surface area contributed by atoms with Crippen molar-refractivity contribution in [1.82, 2.24) is 5.32 Å². The van der Waals surface area contributed by atoms with Gasteiger partial charge in [-0.15, -0.1) is 0 Å². The maximum absolute atomic E-state index is 11.8. The van der Waals surface area contributed by atoms with E-state index in [2.05, 4.69) is 5.32 Å². The summed E-state index contributed by atoms with van der Waals surface area (Å²) in [6, 6.07) is 0. The summed E-state index contributed by atoms with van der Waals surface area (Å²) in [7, 11) is 0. The molecule has 0 heterocycles. The molecule has 3 N–H and O–H groups in total. The Morgan fingerprint density at radius 2 is 1.94 bits per heavy atom. The van der Waals surface area contributed by atoms with Crippen LogP contribution >= 0.6 is 0 Å². The summed E-state index contributed by atoms with van der Waals surface area (Å²) >= 11 is 0. The molecule has 1 aliphatic carbocycles. The molecule has 0 aromatic rings. The van der Waals surface area contributed by atoms with Gasteiger partial charge in [-0.3, -0.25) is 9.59 Å². The van der Waals surface area contributed by atoms with Gasteiger partial charge in [0.1, 0.15) is 0 Å². The first-order chi connectivity index (χ1) is 7.95. The normalized spacial score (nSPS) is 29.9. The van der Waals surface area contributed by atoms with Gasteiger partial charge in [0.05, 0.1) is 17.9 Å². The molecule has 1 aliphatic rings. The molecule has 4 unspecified atom stereocenters. The lowest BCUT2D eigenvalue weighted by molar-refractivity contribution is -0.146. The molecule has 1 fully saturated rings. The Kier molecular flexibility index (Phi) is 4.93. The van der Waals surface area contributed by atoms with Crippen molar-refractivity contribution in [2.45, 2.75) is 39.2 Å². The van der Waals surface area contributed by atoms with E-state index in [4.69, 9.17) is 10.2 Å². The Balaban J connectivity index is 2.60. The minimum Gasteiger partial charge on any atom is -0.481 e. The third kappa shape index (κ3) is 3.70. The summed E-state index contributed by atoms with van der Waals surface area (Å²) in [5.74, 6) is -1.84. The van der Waals surface area contributed by atoms with Crippen LogP contribution in [0.5, 0.6) is 0 Å².